The summed E-state index contributed by atoms with van der Waals surface area (Å²) in [4.78, 5) is 35.8. The highest BCUT2D eigenvalue weighted by Crippen LogP contribution is 1.99. The Morgan fingerprint density at radius 2 is 1.74 bits per heavy atom. The van der Waals surface area contributed by atoms with Crippen molar-refractivity contribution in [3.63, 3.8) is 0 Å². The van der Waals surface area contributed by atoms with Gasteiger partial charge in [-0.25, -0.2) is 9.59 Å². The van der Waals surface area contributed by atoms with Gasteiger partial charge in [-0.3, -0.25) is 9.68 Å². The molecule has 0 bridgehead atoms. The Balaban J connectivity index is 2.58. The lowest BCUT2D eigenvalue weighted by molar-refractivity contribution is -0.321. The maximum atomic E-state index is 10.8. The zero-order valence-electron chi connectivity index (χ0n) is 9.70. The molecule has 0 spiro atoms. The van der Waals surface area contributed by atoms with Gasteiger partial charge in [0.05, 0.1) is 26.4 Å². The fourth-order valence-corrected chi connectivity index (χ4v) is 1.03. The number of rotatable bonds is 3. The molecule has 12 heteroatoms. The van der Waals surface area contributed by atoms with Crippen molar-refractivity contribution in [1.29, 1.82) is 0 Å². The number of hydroxylamine groups is 1. The Kier molecular flexibility index (Phi) is 7.16. The monoisotopic (exact) mass is 282 g/mol. The molecule has 0 unspecified atom stereocenters. The molecular formula is C7H14N4O8. The predicted octanol–water partition coefficient (Wildman–Crippen LogP) is -2.83. The van der Waals surface area contributed by atoms with Crippen LogP contribution in [-0.2, 0) is 28.9 Å². The van der Waals surface area contributed by atoms with E-state index in [1.165, 1.54) is 0 Å². The van der Waals surface area contributed by atoms with Gasteiger partial charge in [0, 0.05) is 0 Å². The summed E-state index contributed by atoms with van der Waals surface area (Å²) < 4.78 is 5.05. The fraction of sp³-hybridized carbons (Fsp3) is 0.714. The van der Waals surface area contributed by atoms with Gasteiger partial charge in [-0.15, -0.1) is 5.59 Å². The van der Waals surface area contributed by atoms with Crippen molar-refractivity contribution in [2.45, 2.75) is 6.04 Å². The minimum atomic E-state index is -2.01. The molecule has 0 aromatic carbocycles. The Bertz CT molecular complexity index is 277. The maximum Gasteiger partial charge on any atom is 0.336 e. The highest BCUT2D eigenvalue weighted by atomic mass is 16.9. The molecule has 19 heavy (non-hydrogen) atoms. The standard InChI is InChI=1S/C7H14N4O8/c12-6(13)5(7(14)15)11-10-19-9-8-17-3-1-16-2-4-18-11/h5,8-10H,1-4H2,(H,12,13)(H,14,15). The molecule has 0 aliphatic carbocycles. The van der Waals surface area contributed by atoms with Crippen molar-refractivity contribution >= 4 is 11.9 Å². The van der Waals surface area contributed by atoms with Crippen LogP contribution in [0.2, 0.25) is 0 Å². The highest BCUT2D eigenvalue weighted by Gasteiger charge is 2.35. The fourth-order valence-electron chi connectivity index (χ4n) is 1.03. The topological polar surface area (TPSA) is 151 Å². The number of carboxylic acid groups (broad SMARTS) is 2. The molecule has 1 fully saturated rings. The first-order valence-corrected chi connectivity index (χ1v) is 5.11. The second kappa shape index (κ2) is 8.68. The predicted molar refractivity (Wildman–Crippen MR) is 54.1 cm³/mol. The van der Waals surface area contributed by atoms with E-state index in [1.54, 1.807) is 0 Å². The summed E-state index contributed by atoms with van der Waals surface area (Å²) in [5, 5.41) is 18.0. The van der Waals surface area contributed by atoms with Crippen molar-refractivity contribution in [1.82, 2.24) is 21.9 Å². The van der Waals surface area contributed by atoms with E-state index in [4.69, 9.17) is 24.6 Å². The Morgan fingerprint density at radius 3 is 2.42 bits per heavy atom. The number of ether oxygens (including phenoxy) is 1. The van der Waals surface area contributed by atoms with Gasteiger partial charge < -0.3 is 14.9 Å². The van der Waals surface area contributed by atoms with Crippen molar-refractivity contribution in [3.05, 3.63) is 0 Å². The lowest BCUT2D eigenvalue weighted by Gasteiger charge is -2.25. The van der Waals surface area contributed by atoms with Crippen LogP contribution < -0.4 is 16.8 Å². The Morgan fingerprint density at radius 1 is 1.05 bits per heavy atom. The highest BCUT2D eigenvalue weighted by molar-refractivity contribution is 5.96. The third-order valence-electron chi connectivity index (χ3n) is 1.79. The summed E-state index contributed by atoms with van der Waals surface area (Å²) in [6.45, 7) is 0.515. The van der Waals surface area contributed by atoms with Crippen LogP contribution in [0.4, 0.5) is 0 Å². The third-order valence-corrected chi connectivity index (χ3v) is 1.79. The van der Waals surface area contributed by atoms with Gasteiger partial charge in [0.2, 0.25) is 6.04 Å². The first-order valence-electron chi connectivity index (χ1n) is 5.11. The minimum absolute atomic E-state index is 0.0825. The quantitative estimate of drug-likeness (QED) is 0.339. The SMILES string of the molecule is O=C(O)C(C(=O)O)N1NONNOCCOCCO1. The van der Waals surface area contributed by atoms with E-state index < -0.39 is 18.0 Å². The van der Waals surface area contributed by atoms with Crippen LogP contribution in [0.1, 0.15) is 0 Å². The average molecular weight is 282 g/mol. The van der Waals surface area contributed by atoms with Gasteiger partial charge in [-0.05, 0) is 0 Å². The largest absolute Gasteiger partial charge is 0.480 e. The van der Waals surface area contributed by atoms with E-state index in [2.05, 4.69) is 10.5 Å². The number of hydrogen-bond donors (Lipinski definition) is 5. The van der Waals surface area contributed by atoms with E-state index >= 15 is 0 Å². The molecule has 1 saturated heterocycles. The lowest BCUT2D eigenvalue weighted by atomic mass is 10.3. The average Bonchev–Trinajstić information content (AvgIpc) is 2.31. The number of hydrogen-bond acceptors (Lipinski definition) is 10. The molecule has 5 N–H and O–H groups in total. The van der Waals surface area contributed by atoms with Crippen molar-refractivity contribution in [3.8, 4) is 0 Å². The smallest absolute Gasteiger partial charge is 0.336 e. The van der Waals surface area contributed by atoms with Crippen LogP contribution in [0.5, 0.6) is 0 Å². The third kappa shape index (κ3) is 5.86. The normalized spacial score (nSPS) is 20.5. The second-order valence-corrected chi connectivity index (χ2v) is 3.10. The number of carboxylic acids is 2. The van der Waals surface area contributed by atoms with Crippen LogP contribution in [0.25, 0.3) is 0 Å². The summed E-state index contributed by atoms with van der Waals surface area (Å²) in [6, 6.07) is -2.01. The van der Waals surface area contributed by atoms with Crippen molar-refractivity contribution in [2.75, 3.05) is 26.4 Å². The van der Waals surface area contributed by atoms with Gasteiger partial charge >= 0.3 is 11.9 Å². The summed E-state index contributed by atoms with van der Waals surface area (Å²) in [5.41, 5.74) is 6.09. The summed E-state index contributed by atoms with van der Waals surface area (Å²) in [5.74, 6) is -3.28. The lowest BCUT2D eigenvalue weighted by Crippen LogP contribution is -2.56. The maximum absolute atomic E-state index is 10.8. The van der Waals surface area contributed by atoms with Crippen LogP contribution in [0.15, 0.2) is 0 Å². The molecule has 1 rings (SSSR count). The van der Waals surface area contributed by atoms with Gasteiger partial charge in [-0.1, -0.05) is 16.4 Å². The molecule has 0 radical (unpaired) electrons. The molecule has 0 saturated carbocycles. The van der Waals surface area contributed by atoms with Gasteiger partial charge in [-0.2, -0.15) is 4.94 Å². The molecule has 0 atom stereocenters. The number of nitrogens with zero attached hydrogens (tertiary/aromatic N) is 1. The van der Waals surface area contributed by atoms with Crippen LogP contribution in [0, 0.1) is 0 Å². The molecule has 110 valence electrons. The number of carbonyl (C=O) groups is 2. The first-order chi connectivity index (χ1) is 9.13. The van der Waals surface area contributed by atoms with Gasteiger partial charge in [0.1, 0.15) is 0 Å². The molecule has 1 aliphatic rings. The van der Waals surface area contributed by atoms with E-state index in [-0.39, 0.29) is 26.4 Å². The van der Waals surface area contributed by atoms with E-state index in [1.807, 2.05) is 11.2 Å². The van der Waals surface area contributed by atoms with Crippen LogP contribution in [-0.4, -0.2) is 59.8 Å². The molecular weight excluding hydrogens is 268 g/mol. The van der Waals surface area contributed by atoms with Crippen LogP contribution in [0.3, 0.4) is 0 Å². The number of aliphatic carboxylic acids is 2. The first kappa shape index (κ1) is 15.7. The zero-order chi connectivity index (χ0) is 14.1. The molecule has 1 aliphatic heterocycles. The molecule has 0 aromatic rings. The van der Waals surface area contributed by atoms with Gasteiger partial charge in [0.15, 0.2) is 0 Å². The summed E-state index contributed by atoms with van der Waals surface area (Å²) in [7, 11) is 0. The summed E-state index contributed by atoms with van der Waals surface area (Å²) in [6.07, 6.45) is 0. The molecule has 1 heterocycles. The molecule has 0 aromatic heterocycles. The number of nitrogens with one attached hydrogen (secondary N) is 3. The number of hydrazine groups is 2. The Hall–Kier alpha value is -1.38. The van der Waals surface area contributed by atoms with E-state index in [9.17, 15) is 9.59 Å². The van der Waals surface area contributed by atoms with Crippen molar-refractivity contribution < 1.29 is 39.2 Å². The minimum Gasteiger partial charge on any atom is -0.480 e. The van der Waals surface area contributed by atoms with Crippen LogP contribution >= 0.6 is 0 Å². The van der Waals surface area contributed by atoms with Crippen molar-refractivity contribution in [2.24, 2.45) is 0 Å². The zero-order valence-corrected chi connectivity index (χ0v) is 9.70. The second-order valence-electron chi connectivity index (χ2n) is 3.10. The van der Waals surface area contributed by atoms with Gasteiger partial charge in [0.25, 0.3) is 0 Å². The van der Waals surface area contributed by atoms with E-state index in [0.717, 1.165) is 0 Å². The molecule has 12 nitrogen and oxygen atoms in total. The van der Waals surface area contributed by atoms with E-state index in [0.29, 0.717) is 5.17 Å². The molecule has 0 amide bonds. The Labute approximate surface area is 106 Å². The summed E-state index contributed by atoms with van der Waals surface area (Å²) >= 11 is 0.